The van der Waals surface area contributed by atoms with Gasteiger partial charge in [-0.05, 0) is 60.8 Å². The first-order valence-electron chi connectivity index (χ1n) is 8.44. The van der Waals surface area contributed by atoms with Crippen LogP contribution in [0.1, 0.15) is 49.8 Å². The van der Waals surface area contributed by atoms with Crippen molar-refractivity contribution in [2.75, 3.05) is 11.9 Å². The number of anilines is 1. The fourth-order valence-corrected chi connectivity index (χ4v) is 4.66. The van der Waals surface area contributed by atoms with Gasteiger partial charge in [0.25, 0.3) is 0 Å². The van der Waals surface area contributed by atoms with Crippen LogP contribution in [-0.4, -0.2) is 12.5 Å². The number of fused-ring (bicyclic) bond motifs is 2. The highest BCUT2D eigenvalue weighted by Crippen LogP contribution is 2.62. The van der Waals surface area contributed by atoms with Crippen LogP contribution in [0.2, 0.25) is 0 Å². The molecule has 1 aliphatic heterocycles. The van der Waals surface area contributed by atoms with Crippen molar-refractivity contribution in [1.29, 1.82) is 0 Å². The van der Waals surface area contributed by atoms with E-state index in [9.17, 15) is 4.79 Å². The van der Waals surface area contributed by atoms with Crippen LogP contribution >= 0.6 is 0 Å². The number of hydrogen-bond donors (Lipinski definition) is 2. The summed E-state index contributed by atoms with van der Waals surface area (Å²) in [6.45, 7) is 3.22. The molecule has 2 fully saturated rings. The van der Waals surface area contributed by atoms with E-state index in [4.69, 9.17) is 0 Å². The van der Waals surface area contributed by atoms with E-state index in [0.29, 0.717) is 12.5 Å². The average molecular weight is 284 g/mol. The number of aryl methyl sites for hydroxylation is 1. The average Bonchev–Trinajstić information content (AvgIpc) is 2.95. The predicted octanol–water partition coefficient (Wildman–Crippen LogP) is 3.27. The third-order valence-corrected chi connectivity index (χ3v) is 5.67. The molecule has 0 spiro atoms. The Kier molecular flexibility index (Phi) is 3.26. The summed E-state index contributed by atoms with van der Waals surface area (Å²) in [5, 5.41) is 6.70. The third kappa shape index (κ3) is 2.28. The molecule has 2 saturated carbocycles. The summed E-state index contributed by atoms with van der Waals surface area (Å²) in [5.74, 6) is 2.92. The van der Waals surface area contributed by atoms with Crippen LogP contribution in [0, 0.1) is 17.8 Å². The molecule has 3 unspecified atom stereocenters. The van der Waals surface area contributed by atoms with Crippen LogP contribution in [0.25, 0.3) is 0 Å². The topological polar surface area (TPSA) is 41.1 Å². The van der Waals surface area contributed by atoms with Crippen molar-refractivity contribution in [1.82, 2.24) is 5.32 Å². The minimum Gasteiger partial charge on any atom is -0.326 e. The number of amides is 1. The smallest absolute Gasteiger partial charge is 0.224 e. The van der Waals surface area contributed by atoms with Crippen molar-refractivity contribution in [3.05, 3.63) is 29.3 Å². The first kappa shape index (κ1) is 13.3. The van der Waals surface area contributed by atoms with Gasteiger partial charge in [-0.2, -0.15) is 0 Å². The van der Waals surface area contributed by atoms with Crippen LogP contribution < -0.4 is 10.6 Å². The fraction of sp³-hybridized carbons (Fsp3) is 0.611. The quantitative estimate of drug-likeness (QED) is 0.891. The number of rotatable bonds is 4. The number of carbonyl (C=O) groups excluding carboxylic acids is 1. The number of carbonyl (C=O) groups is 1. The maximum absolute atomic E-state index is 11.5. The number of benzene rings is 1. The molecular weight excluding hydrogens is 260 g/mol. The Balaban J connectivity index is 1.60. The van der Waals surface area contributed by atoms with Gasteiger partial charge in [-0.25, -0.2) is 0 Å². The highest BCUT2D eigenvalue weighted by molar-refractivity contribution is 5.93. The summed E-state index contributed by atoms with van der Waals surface area (Å²) in [5.41, 5.74) is 3.74. The lowest BCUT2D eigenvalue weighted by molar-refractivity contribution is -0.116. The Labute approximate surface area is 126 Å². The molecule has 21 heavy (non-hydrogen) atoms. The second-order valence-corrected chi connectivity index (χ2v) is 6.84. The molecule has 2 N–H and O–H groups in total. The summed E-state index contributed by atoms with van der Waals surface area (Å²) >= 11 is 0. The molecule has 1 heterocycles. The maximum Gasteiger partial charge on any atom is 0.224 e. The molecule has 3 heteroatoms. The molecule has 1 amide bonds. The lowest BCUT2D eigenvalue weighted by Gasteiger charge is -2.23. The molecule has 3 aliphatic rings. The summed E-state index contributed by atoms with van der Waals surface area (Å²) < 4.78 is 0. The monoisotopic (exact) mass is 284 g/mol. The summed E-state index contributed by atoms with van der Waals surface area (Å²) in [6.07, 6.45) is 5.79. The van der Waals surface area contributed by atoms with Gasteiger partial charge in [0, 0.05) is 18.2 Å². The van der Waals surface area contributed by atoms with Crippen molar-refractivity contribution < 1.29 is 4.79 Å². The van der Waals surface area contributed by atoms with Crippen LogP contribution in [0.3, 0.4) is 0 Å². The molecule has 1 aromatic rings. The van der Waals surface area contributed by atoms with Crippen LogP contribution in [0.15, 0.2) is 18.2 Å². The second kappa shape index (κ2) is 5.13. The molecule has 3 atom stereocenters. The normalized spacial score (nSPS) is 31.3. The van der Waals surface area contributed by atoms with Crippen molar-refractivity contribution in [2.24, 2.45) is 17.8 Å². The van der Waals surface area contributed by atoms with E-state index in [-0.39, 0.29) is 5.91 Å². The SMILES string of the molecule is CCNC(c1ccc2c(c1)CCC(=O)N2)C1C2CCCC21. The Hall–Kier alpha value is -1.35. The molecule has 0 aromatic heterocycles. The first-order valence-corrected chi connectivity index (χ1v) is 8.44. The highest BCUT2D eigenvalue weighted by atomic mass is 16.1. The van der Waals surface area contributed by atoms with Gasteiger partial charge in [-0.15, -0.1) is 0 Å². The van der Waals surface area contributed by atoms with Gasteiger partial charge in [0.1, 0.15) is 0 Å². The Morgan fingerprint density at radius 1 is 1.29 bits per heavy atom. The van der Waals surface area contributed by atoms with E-state index in [1.165, 1.54) is 30.4 Å². The van der Waals surface area contributed by atoms with E-state index < -0.39 is 0 Å². The third-order valence-electron chi connectivity index (χ3n) is 5.67. The lowest BCUT2D eigenvalue weighted by atomic mass is 9.92. The van der Waals surface area contributed by atoms with Crippen LogP contribution in [0.5, 0.6) is 0 Å². The predicted molar refractivity (Wildman–Crippen MR) is 84.1 cm³/mol. The van der Waals surface area contributed by atoms with Gasteiger partial charge >= 0.3 is 0 Å². The molecule has 0 radical (unpaired) electrons. The molecule has 2 aliphatic carbocycles. The summed E-state index contributed by atoms with van der Waals surface area (Å²) in [6, 6.07) is 7.15. The molecule has 0 saturated heterocycles. The van der Waals surface area contributed by atoms with E-state index in [1.807, 2.05) is 0 Å². The minimum atomic E-state index is 0.148. The molecular formula is C18H24N2O. The minimum absolute atomic E-state index is 0.148. The van der Waals surface area contributed by atoms with Crippen molar-refractivity contribution >= 4 is 11.6 Å². The molecule has 3 nitrogen and oxygen atoms in total. The van der Waals surface area contributed by atoms with E-state index in [2.05, 4.69) is 35.8 Å². The molecule has 4 rings (SSSR count). The molecule has 1 aromatic carbocycles. The Morgan fingerprint density at radius 2 is 2.10 bits per heavy atom. The van der Waals surface area contributed by atoms with Crippen LogP contribution in [-0.2, 0) is 11.2 Å². The van der Waals surface area contributed by atoms with Gasteiger partial charge in [-0.3, -0.25) is 4.79 Å². The number of hydrogen-bond acceptors (Lipinski definition) is 2. The van der Waals surface area contributed by atoms with Crippen molar-refractivity contribution in [2.45, 2.75) is 45.1 Å². The van der Waals surface area contributed by atoms with Crippen molar-refractivity contribution in [3.63, 3.8) is 0 Å². The fourth-order valence-electron chi connectivity index (χ4n) is 4.66. The van der Waals surface area contributed by atoms with Gasteiger partial charge < -0.3 is 10.6 Å². The van der Waals surface area contributed by atoms with E-state index >= 15 is 0 Å². The second-order valence-electron chi connectivity index (χ2n) is 6.84. The van der Waals surface area contributed by atoms with E-state index in [1.54, 1.807) is 0 Å². The zero-order valence-corrected chi connectivity index (χ0v) is 12.7. The number of nitrogens with one attached hydrogen (secondary N) is 2. The van der Waals surface area contributed by atoms with Gasteiger partial charge in [-0.1, -0.05) is 25.5 Å². The molecule has 112 valence electrons. The zero-order valence-electron chi connectivity index (χ0n) is 12.7. The summed E-state index contributed by atoms with van der Waals surface area (Å²) in [7, 11) is 0. The van der Waals surface area contributed by atoms with Gasteiger partial charge in [0.2, 0.25) is 5.91 Å². The largest absolute Gasteiger partial charge is 0.326 e. The van der Waals surface area contributed by atoms with E-state index in [0.717, 1.165) is 36.4 Å². The summed E-state index contributed by atoms with van der Waals surface area (Å²) in [4.78, 5) is 11.5. The van der Waals surface area contributed by atoms with Crippen LogP contribution in [0.4, 0.5) is 5.69 Å². The molecule has 0 bridgehead atoms. The van der Waals surface area contributed by atoms with Crippen molar-refractivity contribution in [3.8, 4) is 0 Å². The lowest BCUT2D eigenvalue weighted by Crippen LogP contribution is -2.25. The Bertz CT molecular complexity index is 558. The maximum atomic E-state index is 11.5. The zero-order chi connectivity index (χ0) is 14.4. The first-order chi connectivity index (χ1) is 10.3. The van der Waals surface area contributed by atoms with Gasteiger partial charge in [0.05, 0.1) is 0 Å². The van der Waals surface area contributed by atoms with Gasteiger partial charge in [0.15, 0.2) is 0 Å². The standard InChI is InChI=1S/C18H24N2O/c1-2-19-18(17-13-4-3-5-14(13)17)12-6-8-15-11(10-12)7-9-16(21)20-15/h6,8,10,13-14,17-19H,2-5,7,9H2,1H3,(H,20,21). The Morgan fingerprint density at radius 3 is 2.86 bits per heavy atom. The highest BCUT2D eigenvalue weighted by Gasteiger charge is 2.55.